The van der Waals surface area contributed by atoms with Crippen LogP contribution < -0.4 is 10.5 Å². The van der Waals surface area contributed by atoms with Crippen molar-refractivity contribution in [3.05, 3.63) is 29.6 Å². The van der Waals surface area contributed by atoms with E-state index < -0.39 is 12.1 Å². The number of ether oxygens (including phenoxy) is 1. The second-order valence-electron chi connectivity index (χ2n) is 9.66. The Hall–Kier alpha value is -2.59. The molecular formula is C24H31F3N6O. The number of hydrogen-bond donors (Lipinski definition) is 1. The SMILES string of the molecule is CCN1CCN(C2CC3=C(c4cc(-c5cnc(N)c(OC(F)(F)F)c5)nn4C(C)C)[C@@H]3C2)CC1. The molecule has 2 fully saturated rings. The summed E-state index contributed by atoms with van der Waals surface area (Å²) in [5.74, 6) is -0.330. The first-order valence-corrected chi connectivity index (χ1v) is 12.0. The van der Waals surface area contributed by atoms with E-state index in [-0.39, 0.29) is 11.9 Å². The summed E-state index contributed by atoms with van der Waals surface area (Å²) >= 11 is 0. The number of nitrogen functional groups attached to an aromatic ring is 1. The summed E-state index contributed by atoms with van der Waals surface area (Å²) in [6.45, 7) is 12.0. The van der Waals surface area contributed by atoms with Crippen molar-refractivity contribution < 1.29 is 17.9 Å². The highest BCUT2D eigenvalue weighted by Gasteiger charge is 2.48. The fraction of sp³-hybridized carbons (Fsp3) is 0.583. The number of pyridine rings is 1. The van der Waals surface area contributed by atoms with Crippen LogP contribution in [0.5, 0.6) is 5.75 Å². The number of piperazine rings is 1. The first-order chi connectivity index (χ1) is 16.1. The van der Waals surface area contributed by atoms with Gasteiger partial charge in [-0.25, -0.2) is 4.98 Å². The zero-order valence-corrected chi connectivity index (χ0v) is 19.8. The molecule has 2 N–H and O–H groups in total. The van der Waals surface area contributed by atoms with Crippen molar-refractivity contribution in [3.63, 3.8) is 0 Å². The van der Waals surface area contributed by atoms with Crippen LogP contribution in [0.3, 0.4) is 0 Å². The Morgan fingerprint density at radius 3 is 2.50 bits per heavy atom. The van der Waals surface area contributed by atoms with E-state index in [0.29, 0.717) is 23.2 Å². The number of nitrogens with two attached hydrogens (primary N) is 1. The summed E-state index contributed by atoms with van der Waals surface area (Å²) in [6, 6.07) is 3.94. The van der Waals surface area contributed by atoms with E-state index in [4.69, 9.17) is 10.8 Å². The third-order valence-corrected chi connectivity index (χ3v) is 7.27. The summed E-state index contributed by atoms with van der Waals surface area (Å²) in [7, 11) is 0. The molecule has 2 aromatic heterocycles. The Labute approximate surface area is 197 Å². The van der Waals surface area contributed by atoms with Crippen LogP contribution >= 0.6 is 0 Å². The highest BCUT2D eigenvalue weighted by Crippen LogP contribution is 2.58. The van der Waals surface area contributed by atoms with Gasteiger partial charge in [-0.15, -0.1) is 13.2 Å². The zero-order chi connectivity index (χ0) is 24.2. The van der Waals surface area contributed by atoms with Gasteiger partial charge < -0.3 is 15.4 Å². The van der Waals surface area contributed by atoms with Crippen LogP contribution in [0.2, 0.25) is 0 Å². The second kappa shape index (κ2) is 8.57. The highest BCUT2D eigenvalue weighted by molar-refractivity contribution is 5.87. The fourth-order valence-electron chi connectivity index (χ4n) is 5.44. The predicted octanol–water partition coefficient (Wildman–Crippen LogP) is 4.19. The number of allylic oxidation sites excluding steroid dienone is 1. The molecule has 184 valence electrons. The lowest BCUT2D eigenvalue weighted by Crippen LogP contribution is -2.49. The van der Waals surface area contributed by atoms with Gasteiger partial charge in [-0.3, -0.25) is 9.58 Å². The van der Waals surface area contributed by atoms with Crippen molar-refractivity contribution in [1.29, 1.82) is 0 Å². The number of anilines is 1. The van der Waals surface area contributed by atoms with Gasteiger partial charge in [-0.05, 0) is 50.9 Å². The summed E-state index contributed by atoms with van der Waals surface area (Å²) in [4.78, 5) is 9.03. The normalized spacial score (nSPS) is 23.6. The zero-order valence-electron chi connectivity index (χ0n) is 19.8. The third-order valence-electron chi connectivity index (χ3n) is 7.27. The number of aromatic nitrogens is 3. The summed E-state index contributed by atoms with van der Waals surface area (Å²) in [5.41, 5.74) is 10.5. The van der Waals surface area contributed by atoms with E-state index in [1.54, 1.807) is 0 Å². The van der Waals surface area contributed by atoms with Gasteiger partial charge in [-0.2, -0.15) is 5.10 Å². The molecule has 10 heteroatoms. The van der Waals surface area contributed by atoms with Gasteiger partial charge in [0.25, 0.3) is 0 Å². The molecule has 0 spiro atoms. The number of fused-ring (bicyclic) bond motifs is 1. The molecule has 2 aliphatic carbocycles. The maximum absolute atomic E-state index is 12.7. The predicted molar refractivity (Wildman–Crippen MR) is 124 cm³/mol. The Kier molecular flexibility index (Phi) is 5.84. The fourth-order valence-corrected chi connectivity index (χ4v) is 5.44. The van der Waals surface area contributed by atoms with E-state index in [1.165, 1.54) is 23.4 Å². The largest absolute Gasteiger partial charge is 0.573 e. The highest BCUT2D eigenvalue weighted by atomic mass is 19.4. The minimum Gasteiger partial charge on any atom is -0.402 e. The van der Waals surface area contributed by atoms with Crippen molar-refractivity contribution in [2.24, 2.45) is 5.92 Å². The van der Waals surface area contributed by atoms with Crippen LogP contribution in [0.4, 0.5) is 19.0 Å². The smallest absolute Gasteiger partial charge is 0.402 e. The summed E-state index contributed by atoms with van der Waals surface area (Å²) in [5, 5.41) is 4.71. The van der Waals surface area contributed by atoms with Gasteiger partial charge >= 0.3 is 6.36 Å². The third kappa shape index (κ3) is 4.40. The molecule has 0 radical (unpaired) electrons. The first-order valence-electron chi connectivity index (χ1n) is 12.0. The molecular weight excluding hydrogens is 445 g/mol. The topological polar surface area (TPSA) is 72.4 Å². The van der Waals surface area contributed by atoms with Crippen molar-refractivity contribution in [1.82, 2.24) is 24.6 Å². The molecule has 0 amide bonds. The van der Waals surface area contributed by atoms with Crippen molar-refractivity contribution in [3.8, 4) is 17.0 Å². The van der Waals surface area contributed by atoms with Crippen LogP contribution in [0.15, 0.2) is 23.9 Å². The number of hydrogen-bond acceptors (Lipinski definition) is 6. The van der Waals surface area contributed by atoms with Crippen LogP contribution in [0.1, 0.15) is 45.3 Å². The van der Waals surface area contributed by atoms with Crippen LogP contribution in [-0.4, -0.2) is 69.7 Å². The van der Waals surface area contributed by atoms with Gasteiger partial charge in [0.05, 0.1) is 11.4 Å². The van der Waals surface area contributed by atoms with Gasteiger partial charge in [0.15, 0.2) is 11.6 Å². The Morgan fingerprint density at radius 2 is 1.91 bits per heavy atom. The molecule has 2 aromatic rings. The lowest BCUT2D eigenvalue weighted by atomic mass is 10.1. The maximum Gasteiger partial charge on any atom is 0.573 e. The van der Waals surface area contributed by atoms with Crippen molar-refractivity contribution in [2.75, 3.05) is 38.5 Å². The van der Waals surface area contributed by atoms with Crippen LogP contribution in [0.25, 0.3) is 16.8 Å². The van der Waals surface area contributed by atoms with Gasteiger partial charge in [0.2, 0.25) is 0 Å². The van der Waals surface area contributed by atoms with Gasteiger partial charge in [-0.1, -0.05) is 12.5 Å². The Bertz CT molecular complexity index is 1100. The standard InChI is InChI=1S/C24H31F3N6O/c1-4-31-5-7-32(8-6-31)16-10-17-18(11-16)22(17)20-12-19(30-33(20)14(2)3)15-9-21(23(28)29-13-15)34-24(25,26)27/h9,12-14,16-17H,4-8,10-11H2,1-3H3,(H2,28,29)/t16?,17-/m1/s1. The molecule has 3 aliphatic rings. The first kappa shape index (κ1) is 23.2. The van der Waals surface area contributed by atoms with Gasteiger partial charge in [0, 0.05) is 55.9 Å². The Balaban J connectivity index is 1.37. The molecule has 0 bridgehead atoms. The minimum absolute atomic E-state index is 0.115. The molecule has 1 saturated heterocycles. The average molecular weight is 477 g/mol. The van der Waals surface area contributed by atoms with Crippen molar-refractivity contribution >= 4 is 11.4 Å². The molecule has 7 nitrogen and oxygen atoms in total. The van der Waals surface area contributed by atoms with E-state index in [9.17, 15) is 13.2 Å². The van der Waals surface area contributed by atoms with E-state index in [2.05, 4.69) is 40.3 Å². The minimum atomic E-state index is -4.84. The molecule has 34 heavy (non-hydrogen) atoms. The lowest BCUT2D eigenvalue weighted by molar-refractivity contribution is -0.274. The quantitative estimate of drug-likeness (QED) is 0.674. The van der Waals surface area contributed by atoms with E-state index >= 15 is 0 Å². The molecule has 1 aliphatic heterocycles. The molecule has 1 unspecified atom stereocenters. The number of alkyl halides is 3. The Morgan fingerprint density at radius 1 is 1.18 bits per heavy atom. The summed E-state index contributed by atoms with van der Waals surface area (Å²) in [6.07, 6.45) is -1.17. The van der Waals surface area contributed by atoms with E-state index in [1.807, 2.05) is 10.7 Å². The molecule has 5 rings (SSSR count). The maximum atomic E-state index is 12.7. The monoisotopic (exact) mass is 476 g/mol. The number of halogens is 3. The van der Waals surface area contributed by atoms with E-state index in [0.717, 1.165) is 51.3 Å². The molecule has 0 aromatic carbocycles. The van der Waals surface area contributed by atoms with Crippen molar-refractivity contribution in [2.45, 2.75) is 52.1 Å². The van der Waals surface area contributed by atoms with Crippen LogP contribution in [0, 0.1) is 5.92 Å². The second-order valence-corrected chi connectivity index (χ2v) is 9.66. The van der Waals surface area contributed by atoms with Gasteiger partial charge in [0.1, 0.15) is 0 Å². The molecule has 1 saturated carbocycles. The lowest BCUT2D eigenvalue weighted by Gasteiger charge is -2.38. The average Bonchev–Trinajstić information content (AvgIpc) is 3.14. The van der Waals surface area contributed by atoms with Crippen LogP contribution in [-0.2, 0) is 0 Å². The number of rotatable bonds is 6. The number of nitrogens with zero attached hydrogens (tertiary/aromatic N) is 5. The molecule has 3 heterocycles. The number of likely N-dealkylation sites (N-methyl/N-ethyl adjacent to an activating group) is 1. The summed E-state index contributed by atoms with van der Waals surface area (Å²) < 4.78 is 44.2. The molecule has 2 atom stereocenters.